The molecule has 1 aliphatic rings. The molecule has 1 unspecified atom stereocenters. The van der Waals surface area contributed by atoms with E-state index in [4.69, 9.17) is 14.5 Å². The fraction of sp³-hybridized carbons (Fsp3) is 0.667. The lowest BCUT2D eigenvalue weighted by Crippen LogP contribution is -3.11. The third-order valence-electron chi connectivity index (χ3n) is 5.32. The average Bonchev–Trinajstić information content (AvgIpc) is 3.31. The lowest BCUT2D eigenvalue weighted by molar-refractivity contribution is -0.915. The van der Waals surface area contributed by atoms with Crippen molar-refractivity contribution in [2.75, 3.05) is 58.5 Å². The number of hydrogen-bond donors (Lipinski definition) is 1. The maximum atomic E-state index is 5.34. The van der Waals surface area contributed by atoms with Crippen LogP contribution in [0, 0.1) is 0 Å². The Balaban J connectivity index is 1.84. The monoisotopic (exact) mass is 406 g/mol. The summed E-state index contributed by atoms with van der Waals surface area (Å²) in [6.45, 7) is 8.46. The van der Waals surface area contributed by atoms with E-state index in [1.807, 2.05) is 11.3 Å². The molecular weight excluding hydrogens is 378 g/mol. The molecule has 152 valence electrons. The smallest absolute Gasteiger partial charge is 0.276 e. The molecule has 0 amide bonds. The van der Waals surface area contributed by atoms with Crippen LogP contribution in [-0.4, -0.2) is 78.6 Å². The number of nitrogens with zero attached hydrogens (tertiary/aromatic N) is 6. The Morgan fingerprint density at radius 1 is 1.21 bits per heavy atom. The van der Waals surface area contributed by atoms with Gasteiger partial charge in [0, 0.05) is 33.7 Å². The highest BCUT2D eigenvalue weighted by Crippen LogP contribution is 2.37. The highest BCUT2D eigenvalue weighted by molar-refractivity contribution is 7.19. The molecule has 10 heteroatoms. The van der Waals surface area contributed by atoms with E-state index in [1.54, 1.807) is 23.6 Å². The van der Waals surface area contributed by atoms with E-state index in [0.717, 1.165) is 43.2 Å². The molecule has 0 bridgehead atoms. The van der Waals surface area contributed by atoms with Crippen LogP contribution in [0.5, 0.6) is 0 Å². The van der Waals surface area contributed by atoms with Crippen LogP contribution in [-0.2, 0) is 22.4 Å². The van der Waals surface area contributed by atoms with E-state index in [0.29, 0.717) is 19.0 Å². The lowest BCUT2D eigenvalue weighted by atomic mass is 10.0. The number of anilines is 1. The summed E-state index contributed by atoms with van der Waals surface area (Å²) in [5.74, 6) is 1.49. The quantitative estimate of drug-likeness (QED) is 0.543. The Bertz CT molecular complexity index is 933. The molecular formula is C18H28N7O2S+. The Morgan fingerprint density at radius 2 is 2.00 bits per heavy atom. The topological polar surface area (TPSA) is 82.1 Å². The number of ether oxygens (including phenoxy) is 2. The van der Waals surface area contributed by atoms with E-state index in [1.165, 1.54) is 28.8 Å². The zero-order chi connectivity index (χ0) is 19.5. The predicted molar refractivity (Wildman–Crippen MR) is 108 cm³/mol. The Labute approximate surface area is 168 Å². The SMILES string of the molecule is CCC[NH+]1CCc2c(sc3c2c(N(CCOC)CCOC)nc2nnnn23)C1. The third-order valence-corrected chi connectivity index (χ3v) is 6.53. The molecule has 9 nitrogen and oxygen atoms in total. The highest BCUT2D eigenvalue weighted by atomic mass is 32.1. The summed E-state index contributed by atoms with van der Waals surface area (Å²) in [4.78, 5) is 11.3. The van der Waals surface area contributed by atoms with Gasteiger partial charge < -0.3 is 19.3 Å². The second-order valence-corrected chi connectivity index (χ2v) is 8.24. The van der Waals surface area contributed by atoms with Gasteiger partial charge in [0.2, 0.25) is 0 Å². The fourth-order valence-corrected chi connectivity index (χ4v) is 5.32. The van der Waals surface area contributed by atoms with Crippen LogP contribution in [0.1, 0.15) is 23.8 Å². The van der Waals surface area contributed by atoms with Crippen LogP contribution in [0.2, 0.25) is 0 Å². The number of aromatic nitrogens is 5. The minimum atomic E-state index is 0.540. The van der Waals surface area contributed by atoms with Gasteiger partial charge in [-0.1, -0.05) is 12.0 Å². The second-order valence-electron chi connectivity index (χ2n) is 7.16. The van der Waals surface area contributed by atoms with Gasteiger partial charge in [0.05, 0.1) is 36.6 Å². The van der Waals surface area contributed by atoms with Gasteiger partial charge in [-0.2, -0.15) is 9.50 Å². The van der Waals surface area contributed by atoms with Crippen molar-refractivity contribution in [3.05, 3.63) is 10.4 Å². The number of fused-ring (bicyclic) bond motifs is 5. The number of hydrogen-bond acceptors (Lipinski definition) is 8. The molecule has 1 aliphatic heterocycles. The third kappa shape index (κ3) is 3.57. The number of tetrazole rings is 1. The molecule has 0 saturated heterocycles. The summed E-state index contributed by atoms with van der Waals surface area (Å²) >= 11 is 1.81. The Morgan fingerprint density at radius 3 is 2.71 bits per heavy atom. The van der Waals surface area contributed by atoms with E-state index < -0.39 is 0 Å². The van der Waals surface area contributed by atoms with Crippen molar-refractivity contribution in [3.8, 4) is 0 Å². The van der Waals surface area contributed by atoms with Crippen molar-refractivity contribution in [1.29, 1.82) is 0 Å². The van der Waals surface area contributed by atoms with Crippen LogP contribution in [0.4, 0.5) is 5.82 Å². The summed E-state index contributed by atoms with van der Waals surface area (Å²) in [5.41, 5.74) is 1.42. The van der Waals surface area contributed by atoms with Crippen LogP contribution < -0.4 is 9.80 Å². The minimum absolute atomic E-state index is 0.540. The fourth-order valence-electron chi connectivity index (χ4n) is 3.96. The van der Waals surface area contributed by atoms with Crippen molar-refractivity contribution in [3.63, 3.8) is 0 Å². The van der Waals surface area contributed by atoms with Crippen molar-refractivity contribution in [1.82, 2.24) is 25.0 Å². The normalized spacial score (nSPS) is 16.8. The zero-order valence-corrected chi connectivity index (χ0v) is 17.6. The van der Waals surface area contributed by atoms with Gasteiger partial charge in [0.25, 0.3) is 5.78 Å². The molecule has 0 spiro atoms. The van der Waals surface area contributed by atoms with Gasteiger partial charge in [-0.15, -0.1) is 11.3 Å². The first kappa shape index (κ1) is 19.4. The number of nitrogens with one attached hydrogen (secondary N) is 1. The number of quaternary nitrogens is 1. The predicted octanol–water partition coefficient (Wildman–Crippen LogP) is 0.184. The number of thiophene rings is 1. The highest BCUT2D eigenvalue weighted by Gasteiger charge is 2.28. The van der Waals surface area contributed by atoms with Crippen LogP contribution >= 0.6 is 11.3 Å². The van der Waals surface area contributed by atoms with E-state index in [-0.39, 0.29) is 0 Å². The van der Waals surface area contributed by atoms with E-state index in [9.17, 15) is 0 Å². The van der Waals surface area contributed by atoms with Crippen LogP contribution in [0.15, 0.2) is 0 Å². The van der Waals surface area contributed by atoms with Gasteiger partial charge in [0.15, 0.2) is 0 Å². The first-order chi connectivity index (χ1) is 13.8. The van der Waals surface area contributed by atoms with Crippen molar-refractivity contribution in [2.24, 2.45) is 0 Å². The summed E-state index contributed by atoms with van der Waals surface area (Å²) < 4.78 is 12.5. The first-order valence-corrected chi connectivity index (χ1v) is 10.7. The Hall–Kier alpha value is -1.88. The van der Waals surface area contributed by atoms with Gasteiger partial charge in [-0.3, -0.25) is 0 Å². The molecule has 4 rings (SSSR count). The molecule has 4 heterocycles. The molecule has 3 aromatic rings. The van der Waals surface area contributed by atoms with Gasteiger partial charge in [0.1, 0.15) is 17.2 Å². The average molecular weight is 407 g/mol. The van der Waals surface area contributed by atoms with E-state index >= 15 is 0 Å². The zero-order valence-electron chi connectivity index (χ0n) is 16.8. The van der Waals surface area contributed by atoms with Gasteiger partial charge in [-0.05, 0) is 22.4 Å². The Kier molecular flexibility index (Phi) is 6.00. The molecule has 1 N–H and O–H groups in total. The summed E-state index contributed by atoms with van der Waals surface area (Å²) in [6.07, 6.45) is 2.27. The molecule has 0 fully saturated rings. The largest absolute Gasteiger partial charge is 0.383 e. The molecule has 28 heavy (non-hydrogen) atoms. The molecule has 0 saturated carbocycles. The van der Waals surface area contributed by atoms with Crippen LogP contribution in [0.25, 0.3) is 16.0 Å². The summed E-state index contributed by atoms with van der Waals surface area (Å²) in [7, 11) is 3.45. The number of rotatable bonds is 9. The maximum Gasteiger partial charge on any atom is 0.276 e. The lowest BCUT2D eigenvalue weighted by Gasteiger charge is -2.26. The molecule has 1 atom stereocenters. The minimum Gasteiger partial charge on any atom is -0.383 e. The van der Waals surface area contributed by atoms with Crippen LogP contribution in [0.3, 0.4) is 0 Å². The molecule has 0 radical (unpaired) electrons. The van der Waals surface area contributed by atoms with Crippen molar-refractivity contribution >= 4 is 33.1 Å². The van der Waals surface area contributed by atoms with Gasteiger partial charge in [-0.25, -0.2) is 0 Å². The van der Waals surface area contributed by atoms with Crippen molar-refractivity contribution < 1.29 is 14.4 Å². The number of methoxy groups -OCH3 is 2. The molecule has 3 aromatic heterocycles. The second kappa shape index (κ2) is 8.64. The molecule has 0 aliphatic carbocycles. The first-order valence-electron chi connectivity index (χ1n) is 9.85. The summed E-state index contributed by atoms with van der Waals surface area (Å²) in [5, 5.41) is 13.4. The van der Waals surface area contributed by atoms with E-state index in [2.05, 4.69) is 27.3 Å². The standard InChI is InChI=1S/C18H27N7O2S/c1-4-6-23-7-5-13-14(12-23)28-17-15(13)16(19-18-20-21-22-25(17)18)24(8-10-26-2)9-11-27-3/h4-12H2,1-3H3/p+1. The summed E-state index contributed by atoms with van der Waals surface area (Å²) in [6, 6.07) is 0. The molecule has 0 aromatic carbocycles. The van der Waals surface area contributed by atoms with Crippen molar-refractivity contribution in [2.45, 2.75) is 26.3 Å². The maximum absolute atomic E-state index is 5.34. The van der Waals surface area contributed by atoms with Gasteiger partial charge >= 0.3 is 0 Å².